The van der Waals surface area contributed by atoms with Crippen molar-refractivity contribution in [2.45, 2.75) is 12.5 Å². The number of amides is 1. The van der Waals surface area contributed by atoms with Crippen molar-refractivity contribution >= 4 is 22.8 Å². The molecule has 1 atom stereocenters. The third-order valence-corrected chi connectivity index (χ3v) is 4.20. The van der Waals surface area contributed by atoms with E-state index >= 15 is 0 Å². The molecule has 3 aromatic rings. The van der Waals surface area contributed by atoms with Crippen LogP contribution < -0.4 is 5.56 Å². The van der Waals surface area contributed by atoms with E-state index in [-0.39, 0.29) is 23.1 Å². The molecule has 26 heavy (non-hydrogen) atoms. The van der Waals surface area contributed by atoms with Crippen LogP contribution in [0.1, 0.15) is 15.9 Å². The lowest BCUT2D eigenvalue weighted by Gasteiger charge is -2.25. The van der Waals surface area contributed by atoms with Crippen molar-refractivity contribution in [1.29, 1.82) is 0 Å². The van der Waals surface area contributed by atoms with Crippen molar-refractivity contribution in [3.8, 4) is 0 Å². The maximum Gasteiger partial charge on any atom is 0.326 e. The molecule has 0 aliphatic carbocycles. The molecule has 1 amide bonds. The number of nitrogens with zero attached hydrogens (tertiary/aromatic N) is 2. The van der Waals surface area contributed by atoms with Crippen molar-refractivity contribution in [1.82, 2.24) is 14.9 Å². The van der Waals surface area contributed by atoms with Gasteiger partial charge in [0.2, 0.25) is 0 Å². The van der Waals surface area contributed by atoms with Crippen LogP contribution >= 0.6 is 0 Å². The first-order valence-electron chi connectivity index (χ1n) is 7.98. The highest BCUT2D eigenvalue weighted by atomic mass is 16.4. The number of benzene rings is 1. The molecule has 0 saturated heterocycles. The summed E-state index contributed by atoms with van der Waals surface area (Å²) in [5.74, 6) is -1.56. The molecule has 7 heteroatoms. The van der Waals surface area contributed by atoms with Crippen molar-refractivity contribution in [3.63, 3.8) is 0 Å². The Bertz CT molecular complexity index is 1010. The Kier molecular flexibility index (Phi) is 4.79. The van der Waals surface area contributed by atoms with Crippen LogP contribution in [0.2, 0.25) is 0 Å². The Balaban J connectivity index is 1.89. The monoisotopic (exact) mass is 351 g/mol. The number of aliphatic carboxylic acids is 1. The maximum atomic E-state index is 12.7. The number of hydrogen-bond donors (Lipinski definition) is 2. The number of carbonyl (C=O) groups is 2. The zero-order chi connectivity index (χ0) is 18.7. The number of carbonyl (C=O) groups excluding carboxylic acids is 1. The van der Waals surface area contributed by atoms with Crippen LogP contribution in [0.25, 0.3) is 10.9 Å². The highest BCUT2D eigenvalue weighted by molar-refractivity contribution is 5.98. The molecular formula is C19H17N3O4. The van der Waals surface area contributed by atoms with Crippen LogP contribution in [-0.2, 0) is 11.2 Å². The van der Waals surface area contributed by atoms with Crippen LogP contribution in [0.15, 0.2) is 59.7 Å². The number of aromatic nitrogens is 2. The normalized spacial score (nSPS) is 11.9. The van der Waals surface area contributed by atoms with E-state index in [2.05, 4.69) is 9.97 Å². The molecule has 0 radical (unpaired) electrons. The quantitative estimate of drug-likeness (QED) is 0.728. The first-order valence-corrected chi connectivity index (χ1v) is 7.98. The average Bonchev–Trinajstić information content (AvgIpc) is 2.65. The fourth-order valence-corrected chi connectivity index (χ4v) is 2.76. The number of rotatable bonds is 5. The van der Waals surface area contributed by atoms with Crippen LogP contribution in [0, 0.1) is 0 Å². The summed E-state index contributed by atoms with van der Waals surface area (Å²) in [6, 6.07) is 11.3. The van der Waals surface area contributed by atoms with Gasteiger partial charge in [0.15, 0.2) is 0 Å². The zero-order valence-corrected chi connectivity index (χ0v) is 14.0. The predicted octanol–water partition coefficient (Wildman–Crippen LogP) is 1.69. The molecule has 2 heterocycles. The average molecular weight is 351 g/mol. The van der Waals surface area contributed by atoms with Crippen molar-refractivity contribution < 1.29 is 14.7 Å². The van der Waals surface area contributed by atoms with E-state index < -0.39 is 17.9 Å². The summed E-state index contributed by atoms with van der Waals surface area (Å²) in [5.41, 5.74) is 0.931. The van der Waals surface area contributed by atoms with Crippen molar-refractivity contribution in [3.05, 3.63) is 76.3 Å². The van der Waals surface area contributed by atoms with Gasteiger partial charge < -0.3 is 15.0 Å². The summed E-state index contributed by atoms with van der Waals surface area (Å²) < 4.78 is 0. The molecule has 7 nitrogen and oxygen atoms in total. The standard InChI is InChI=1S/C19H17N3O4/c1-22(15(19(25)26)9-12-5-3-2-4-6-12)18(24)14-10-13-7-8-20-17(23)16(13)21-11-14/h2-8,10-11,15H,9H2,1H3,(H,20,23)(H,25,26). The largest absolute Gasteiger partial charge is 0.480 e. The molecule has 3 rings (SSSR count). The van der Waals surface area contributed by atoms with Gasteiger partial charge in [0, 0.05) is 31.2 Å². The van der Waals surface area contributed by atoms with Crippen LogP contribution in [0.4, 0.5) is 0 Å². The summed E-state index contributed by atoms with van der Waals surface area (Å²) in [4.78, 5) is 43.9. The smallest absolute Gasteiger partial charge is 0.326 e. The van der Waals surface area contributed by atoms with E-state index in [1.807, 2.05) is 30.3 Å². The third kappa shape index (κ3) is 3.46. The van der Waals surface area contributed by atoms with E-state index in [9.17, 15) is 19.5 Å². The first-order chi connectivity index (χ1) is 12.5. The molecule has 0 spiro atoms. The van der Waals surface area contributed by atoms with E-state index in [1.165, 1.54) is 30.4 Å². The molecule has 0 aliphatic rings. The topological polar surface area (TPSA) is 103 Å². The first kappa shape index (κ1) is 17.3. The fraction of sp³-hybridized carbons (Fsp3) is 0.158. The summed E-state index contributed by atoms with van der Waals surface area (Å²) in [7, 11) is 1.45. The van der Waals surface area contributed by atoms with Gasteiger partial charge in [-0.2, -0.15) is 0 Å². The molecule has 0 saturated carbocycles. The van der Waals surface area contributed by atoms with E-state index in [4.69, 9.17) is 0 Å². The molecule has 0 bridgehead atoms. The SMILES string of the molecule is CN(C(=O)c1cnc2c(=O)[nH]ccc2c1)C(Cc1ccccc1)C(=O)O. The zero-order valence-electron chi connectivity index (χ0n) is 14.0. The molecule has 0 aliphatic heterocycles. The fourth-order valence-electron chi connectivity index (χ4n) is 2.76. The number of carboxylic acid groups (broad SMARTS) is 1. The van der Waals surface area contributed by atoms with Gasteiger partial charge in [-0.05, 0) is 17.7 Å². The van der Waals surface area contributed by atoms with Gasteiger partial charge in [0.25, 0.3) is 11.5 Å². The minimum Gasteiger partial charge on any atom is -0.480 e. The van der Waals surface area contributed by atoms with Gasteiger partial charge in [0.1, 0.15) is 11.6 Å². The predicted molar refractivity (Wildman–Crippen MR) is 96.0 cm³/mol. The van der Waals surface area contributed by atoms with Gasteiger partial charge in [-0.25, -0.2) is 9.78 Å². The summed E-state index contributed by atoms with van der Waals surface area (Å²) in [5, 5.41) is 10.1. The lowest BCUT2D eigenvalue weighted by atomic mass is 10.0. The third-order valence-electron chi connectivity index (χ3n) is 4.20. The lowest BCUT2D eigenvalue weighted by Crippen LogP contribution is -2.43. The van der Waals surface area contributed by atoms with Crippen LogP contribution in [0.3, 0.4) is 0 Å². The molecule has 1 unspecified atom stereocenters. The number of fused-ring (bicyclic) bond motifs is 1. The summed E-state index contributed by atoms with van der Waals surface area (Å²) in [6.45, 7) is 0. The van der Waals surface area contributed by atoms with Crippen LogP contribution in [0.5, 0.6) is 0 Å². The molecule has 132 valence electrons. The van der Waals surface area contributed by atoms with Crippen molar-refractivity contribution in [2.24, 2.45) is 0 Å². The Morgan fingerprint density at radius 3 is 2.65 bits per heavy atom. The van der Waals surface area contributed by atoms with Gasteiger partial charge in [-0.15, -0.1) is 0 Å². The minimum atomic E-state index is -1.09. The Morgan fingerprint density at radius 2 is 1.96 bits per heavy atom. The Labute approximate surface area is 148 Å². The second-order valence-electron chi connectivity index (χ2n) is 5.93. The number of nitrogens with one attached hydrogen (secondary N) is 1. The highest BCUT2D eigenvalue weighted by Crippen LogP contribution is 2.14. The lowest BCUT2D eigenvalue weighted by molar-refractivity contribution is -0.141. The van der Waals surface area contributed by atoms with Gasteiger partial charge in [-0.3, -0.25) is 9.59 Å². The number of H-pyrrole nitrogens is 1. The number of likely N-dealkylation sites (N-methyl/N-ethyl adjacent to an activating group) is 1. The second-order valence-corrected chi connectivity index (χ2v) is 5.93. The number of pyridine rings is 2. The molecular weight excluding hydrogens is 334 g/mol. The minimum absolute atomic E-state index is 0.194. The molecule has 2 N–H and O–H groups in total. The summed E-state index contributed by atoms with van der Waals surface area (Å²) in [6.07, 6.45) is 2.96. The number of hydrogen-bond acceptors (Lipinski definition) is 4. The molecule has 2 aromatic heterocycles. The Hall–Kier alpha value is -3.48. The van der Waals surface area contributed by atoms with Gasteiger partial charge in [0.05, 0.1) is 5.56 Å². The van der Waals surface area contributed by atoms with Crippen LogP contribution in [-0.4, -0.2) is 44.9 Å². The highest BCUT2D eigenvalue weighted by Gasteiger charge is 2.27. The van der Waals surface area contributed by atoms with E-state index in [0.717, 1.165) is 5.56 Å². The number of aromatic amines is 1. The number of carboxylic acids is 1. The molecule has 0 fully saturated rings. The second kappa shape index (κ2) is 7.18. The van der Waals surface area contributed by atoms with Crippen molar-refractivity contribution in [2.75, 3.05) is 7.05 Å². The van der Waals surface area contributed by atoms with Gasteiger partial charge >= 0.3 is 5.97 Å². The van der Waals surface area contributed by atoms with Gasteiger partial charge in [-0.1, -0.05) is 30.3 Å². The van der Waals surface area contributed by atoms with E-state index in [1.54, 1.807) is 6.07 Å². The maximum absolute atomic E-state index is 12.7. The van der Waals surface area contributed by atoms with E-state index in [0.29, 0.717) is 5.39 Å². The summed E-state index contributed by atoms with van der Waals surface area (Å²) >= 11 is 0. The Morgan fingerprint density at radius 1 is 1.23 bits per heavy atom. The molecule has 1 aromatic carbocycles.